The Bertz CT molecular complexity index is 421. The summed E-state index contributed by atoms with van der Waals surface area (Å²) in [5, 5.41) is 2.58. The molecule has 0 spiro atoms. The van der Waals surface area contributed by atoms with E-state index in [9.17, 15) is 0 Å². The topological polar surface area (TPSA) is 0 Å². The van der Waals surface area contributed by atoms with Crippen molar-refractivity contribution in [1.29, 1.82) is 0 Å². The van der Waals surface area contributed by atoms with Crippen LogP contribution in [0.1, 0.15) is 19.4 Å². The van der Waals surface area contributed by atoms with E-state index in [2.05, 4.69) is 50.2 Å². The van der Waals surface area contributed by atoms with Gasteiger partial charge < -0.3 is 0 Å². The van der Waals surface area contributed by atoms with Crippen LogP contribution >= 0.6 is 0 Å². The standard InChI is InChI=1S/C14H15/c1-11(2)10-13-8-5-7-12-6-3-4-9-14(12)13/h3-6,8-9,11H,10H2,1-2H3. The Labute approximate surface area is 85.6 Å². The van der Waals surface area contributed by atoms with Crippen LogP contribution in [0.25, 0.3) is 10.8 Å². The van der Waals surface area contributed by atoms with E-state index in [1.807, 2.05) is 6.07 Å². The average Bonchev–Trinajstić information content (AvgIpc) is 2.18. The van der Waals surface area contributed by atoms with Gasteiger partial charge in [0.15, 0.2) is 0 Å². The fraction of sp³-hybridized carbons (Fsp3) is 0.286. The highest BCUT2D eigenvalue weighted by Gasteiger charge is 2.02. The van der Waals surface area contributed by atoms with E-state index in [1.54, 1.807) is 0 Å². The number of rotatable bonds is 2. The summed E-state index contributed by atoms with van der Waals surface area (Å²) in [5.74, 6) is 0.709. The molecule has 0 aromatic heterocycles. The molecule has 0 N–H and O–H groups in total. The lowest BCUT2D eigenvalue weighted by Gasteiger charge is -2.08. The van der Waals surface area contributed by atoms with Crippen LogP contribution < -0.4 is 0 Å². The summed E-state index contributed by atoms with van der Waals surface area (Å²) in [6, 6.07) is 15.9. The molecule has 0 aliphatic rings. The van der Waals surface area contributed by atoms with Gasteiger partial charge in [-0.3, -0.25) is 0 Å². The highest BCUT2D eigenvalue weighted by Crippen LogP contribution is 2.20. The first-order valence-electron chi connectivity index (χ1n) is 5.15. The van der Waals surface area contributed by atoms with E-state index < -0.39 is 0 Å². The highest BCUT2D eigenvalue weighted by molar-refractivity contribution is 5.85. The van der Waals surface area contributed by atoms with E-state index in [4.69, 9.17) is 0 Å². The minimum absolute atomic E-state index is 0.709. The fourth-order valence-corrected chi connectivity index (χ4v) is 1.83. The summed E-state index contributed by atoms with van der Waals surface area (Å²) in [7, 11) is 0. The van der Waals surface area contributed by atoms with Crippen molar-refractivity contribution in [2.75, 3.05) is 0 Å². The summed E-state index contributed by atoms with van der Waals surface area (Å²) in [6.07, 6.45) is 1.15. The minimum atomic E-state index is 0.709. The van der Waals surface area contributed by atoms with Crippen molar-refractivity contribution in [3.8, 4) is 0 Å². The highest BCUT2D eigenvalue weighted by atomic mass is 14.1. The predicted molar refractivity (Wildman–Crippen MR) is 61.3 cm³/mol. The van der Waals surface area contributed by atoms with Crippen LogP contribution in [-0.2, 0) is 6.42 Å². The summed E-state index contributed by atoms with van der Waals surface area (Å²) in [6.45, 7) is 4.51. The molecular formula is C14H15. The van der Waals surface area contributed by atoms with Crippen molar-refractivity contribution < 1.29 is 0 Å². The van der Waals surface area contributed by atoms with Gasteiger partial charge in [-0.1, -0.05) is 50.2 Å². The molecule has 0 bridgehead atoms. The summed E-state index contributed by atoms with van der Waals surface area (Å²) in [4.78, 5) is 0. The average molecular weight is 183 g/mol. The fourth-order valence-electron chi connectivity index (χ4n) is 1.83. The van der Waals surface area contributed by atoms with Gasteiger partial charge in [-0.05, 0) is 34.7 Å². The van der Waals surface area contributed by atoms with Crippen molar-refractivity contribution in [2.45, 2.75) is 20.3 Å². The van der Waals surface area contributed by atoms with Gasteiger partial charge in [-0.2, -0.15) is 0 Å². The van der Waals surface area contributed by atoms with E-state index in [1.165, 1.54) is 16.3 Å². The molecular weight excluding hydrogens is 168 g/mol. The molecule has 0 saturated heterocycles. The molecule has 2 rings (SSSR count). The molecule has 2 aromatic carbocycles. The van der Waals surface area contributed by atoms with Gasteiger partial charge in [0, 0.05) is 0 Å². The second-order valence-electron chi connectivity index (χ2n) is 4.15. The van der Waals surface area contributed by atoms with E-state index in [0.29, 0.717) is 5.92 Å². The van der Waals surface area contributed by atoms with Crippen LogP contribution in [0.3, 0.4) is 0 Å². The molecule has 14 heavy (non-hydrogen) atoms. The molecule has 0 fully saturated rings. The number of benzene rings is 2. The molecule has 71 valence electrons. The second-order valence-corrected chi connectivity index (χ2v) is 4.15. The van der Waals surface area contributed by atoms with Crippen LogP contribution in [0.2, 0.25) is 0 Å². The van der Waals surface area contributed by atoms with Gasteiger partial charge in [0.1, 0.15) is 0 Å². The van der Waals surface area contributed by atoms with Crippen LogP contribution in [0.15, 0.2) is 36.4 Å². The van der Waals surface area contributed by atoms with Gasteiger partial charge in [0.05, 0.1) is 0 Å². The first-order chi connectivity index (χ1) is 6.77. The molecule has 0 heteroatoms. The quantitative estimate of drug-likeness (QED) is 0.663. The largest absolute Gasteiger partial charge is 0.0625 e. The van der Waals surface area contributed by atoms with Crippen LogP contribution in [-0.4, -0.2) is 0 Å². The molecule has 0 atom stereocenters. The molecule has 0 amide bonds. The maximum Gasteiger partial charge on any atom is -0.00990 e. The molecule has 0 saturated carbocycles. The third-order valence-corrected chi connectivity index (χ3v) is 2.42. The lowest BCUT2D eigenvalue weighted by molar-refractivity contribution is 0.650. The first-order valence-corrected chi connectivity index (χ1v) is 5.15. The normalized spacial score (nSPS) is 11.1. The maximum absolute atomic E-state index is 3.26. The molecule has 0 unspecified atom stereocenters. The van der Waals surface area contributed by atoms with Gasteiger partial charge in [0.25, 0.3) is 0 Å². The Hall–Kier alpha value is -1.30. The van der Waals surface area contributed by atoms with Crippen molar-refractivity contribution in [3.05, 3.63) is 48.0 Å². The van der Waals surface area contributed by atoms with Crippen molar-refractivity contribution in [1.82, 2.24) is 0 Å². The zero-order valence-corrected chi connectivity index (χ0v) is 8.75. The molecule has 1 radical (unpaired) electrons. The third-order valence-electron chi connectivity index (χ3n) is 2.42. The third kappa shape index (κ3) is 1.79. The van der Waals surface area contributed by atoms with Gasteiger partial charge >= 0.3 is 0 Å². The monoisotopic (exact) mass is 183 g/mol. The SMILES string of the molecule is CC(C)Cc1cc[c]c2ccccc12. The number of fused-ring (bicyclic) bond motifs is 1. The Morgan fingerprint density at radius 2 is 1.93 bits per heavy atom. The van der Waals surface area contributed by atoms with Crippen molar-refractivity contribution >= 4 is 10.8 Å². The molecule has 0 nitrogen and oxygen atoms in total. The Kier molecular flexibility index (Phi) is 2.53. The van der Waals surface area contributed by atoms with Gasteiger partial charge in [-0.15, -0.1) is 0 Å². The molecule has 0 aliphatic carbocycles. The molecule has 0 heterocycles. The van der Waals surface area contributed by atoms with Gasteiger partial charge in [0.2, 0.25) is 0 Å². The van der Waals surface area contributed by atoms with Crippen LogP contribution in [0.5, 0.6) is 0 Å². The minimum Gasteiger partial charge on any atom is -0.0625 e. The van der Waals surface area contributed by atoms with E-state index in [-0.39, 0.29) is 0 Å². The zero-order valence-electron chi connectivity index (χ0n) is 8.75. The Morgan fingerprint density at radius 1 is 1.14 bits per heavy atom. The van der Waals surface area contributed by atoms with Crippen molar-refractivity contribution in [3.63, 3.8) is 0 Å². The number of hydrogen-bond donors (Lipinski definition) is 0. The van der Waals surface area contributed by atoms with Crippen molar-refractivity contribution in [2.24, 2.45) is 5.92 Å². The van der Waals surface area contributed by atoms with Crippen LogP contribution in [0.4, 0.5) is 0 Å². The molecule has 0 aliphatic heterocycles. The Morgan fingerprint density at radius 3 is 2.71 bits per heavy atom. The lowest BCUT2D eigenvalue weighted by Crippen LogP contribution is -1.94. The van der Waals surface area contributed by atoms with E-state index in [0.717, 1.165) is 6.42 Å². The van der Waals surface area contributed by atoms with Crippen LogP contribution in [0, 0.1) is 12.0 Å². The van der Waals surface area contributed by atoms with E-state index >= 15 is 0 Å². The summed E-state index contributed by atoms with van der Waals surface area (Å²) in [5.41, 5.74) is 1.44. The van der Waals surface area contributed by atoms with Gasteiger partial charge in [-0.25, -0.2) is 0 Å². The lowest BCUT2D eigenvalue weighted by atomic mass is 9.97. The first kappa shape index (κ1) is 9.26. The smallest absolute Gasteiger partial charge is 0.00990 e. The molecule has 2 aromatic rings. The number of hydrogen-bond acceptors (Lipinski definition) is 0. The zero-order chi connectivity index (χ0) is 9.97. The summed E-state index contributed by atoms with van der Waals surface area (Å²) >= 11 is 0. The maximum atomic E-state index is 3.26. The Balaban J connectivity index is 2.53. The predicted octanol–water partition coefficient (Wildman–Crippen LogP) is 3.84. The summed E-state index contributed by atoms with van der Waals surface area (Å²) < 4.78 is 0. The second kappa shape index (κ2) is 3.83.